The fourth-order valence-corrected chi connectivity index (χ4v) is 3.23. The number of rotatable bonds is 5. The lowest BCUT2D eigenvalue weighted by atomic mass is 10.1. The van der Waals surface area contributed by atoms with E-state index in [9.17, 15) is 21.6 Å². The molecule has 1 N–H and O–H groups in total. The van der Waals surface area contributed by atoms with Crippen molar-refractivity contribution in [2.75, 3.05) is 6.54 Å². The van der Waals surface area contributed by atoms with Crippen LogP contribution in [0.2, 0.25) is 0 Å². The van der Waals surface area contributed by atoms with Crippen LogP contribution >= 0.6 is 0 Å². The molecular weight excluding hydrogens is 327 g/mol. The van der Waals surface area contributed by atoms with Gasteiger partial charge < -0.3 is 0 Å². The molecule has 3 nitrogen and oxygen atoms in total. The molecule has 0 saturated heterocycles. The minimum absolute atomic E-state index is 0.0254. The van der Waals surface area contributed by atoms with Gasteiger partial charge in [0.05, 0.1) is 10.5 Å². The summed E-state index contributed by atoms with van der Waals surface area (Å²) in [5.74, 6) is 0. The first-order valence-electron chi connectivity index (χ1n) is 6.91. The van der Waals surface area contributed by atoms with Gasteiger partial charge in [-0.15, -0.1) is 0 Å². The minimum atomic E-state index is -4.41. The average molecular weight is 343 g/mol. The maximum absolute atomic E-state index is 12.6. The van der Waals surface area contributed by atoms with Crippen LogP contribution in [0.25, 0.3) is 0 Å². The van der Waals surface area contributed by atoms with Gasteiger partial charge in [-0.1, -0.05) is 30.3 Å². The topological polar surface area (TPSA) is 46.2 Å². The quantitative estimate of drug-likeness (QED) is 0.903. The fourth-order valence-electron chi connectivity index (χ4n) is 2.10. The van der Waals surface area contributed by atoms with Gasteiger partial charge in [0.15, 0.2) is 0 Å². The van der Waals surface area contributed by atoms with Crippen LogP contribution in [-0.4, -0.2) is 15.0 Å². The molecule has 0 unspecified atom stereocenters. The molecule has 0 amide bonds. The Balaban J connectivity index is 2.02. The molecule has 2 aromatic carbocycles. The van der Waals surface area contributed by atoms with Gasteiger partial charge in [0.1, 0.15) is 0 Å². The van der Waals surface area contributed by atoms with Crippen molar-refractivity contribution in [2.45, 2.75) is 24.4 Å². The molecule has 0 aliphatic heterocycles. The van der Waals surface area contributed by atoms with Gasteiger partial charge in [-0.05, 0) is 42.7 Å². The van der Waals surface area contributed by atoms with E-state index in [0.717, 1.165) is 17.7 Å². The lowest BCUT2D eigenvalue weighted by Crippen LogP contribution is -2.26. The van der Waals surface area contributed by atoms with Crippen molar-refractivity contribution in [3.8, 4) is 0 Å². The van der Waals surface area contributed by atoms with E-state index >= 15 is 0 Å². The summed E-state index contributed by atoms with van der Waals surface area (Å²) in [5.41, 5.74) is 0.495. The number of aryl methyl sites for hydroxylation is 1. The summed E-state index contributed by atoms with van der Waals surface area (Å²) < 4.78 is 64.5. The van der Waals surface area contributed by atoms with Gasteiger partial charge in [-0.2, -0.15) is 13.2 Å². The molecule has 0 saturated carbocycles. The summed E-state index contributed by atoms with van der Waals surface area (Å²) in [5, 5.41) is 0. The van der Waals surface area contributed by atoms with Gasteiger partial charge in [0.25, 0.3) is 0 Å². The smallest absolute Gasteiger partial charge is 0.211 e. The third kappa shape index (κ3) is 4.80. The first-order chi connectivity index (χ1) is 10.7. The Morgan fingerprint density at radius 3 is 2.39 bits per heavy atom. The molecule has 0 spiro atoms. The van der Waals surface area contributed by atoms with Crippen LogP contribution in [0.3, 0.4) is 0 Å². The van der Waals surface area contributed by atoms with Crippen LogP contribution < -0.4 is 4.72 Å². The maximum Gasteiger partial charge on any atom is 0.416 e. The van der Waals surface area contributed by atoms with Crippen molar-refractivity contribution in [2.24, 2.45) is 0 Å². The molecule has 0 fully saturated rings. The summed E-state index contributed by atoms with van der Waals surface area (Å²) in [6, 6.07) is 11.3. The molecule has 0 aliphatic carbocycles. The Morgan fingerprint density at radius 1 is 1.04 bits per heavy atom. The largest absolute Gasteiger partial charge is 0.416 e. The molecule has 0 radical (unpaired) electrons. The van der Waals surface area contributed by atoms with E-state index in [1.54, 1.807) is 19.1 Å². The number of nitrogens with one attached hydrogen (secondary N) is 1. The second-order valence-corrected chi connectivity index (χ2v) is 6.93. The standard InChI is InChI=1S/C16H16F3NO2S/c1-12-4-2-7-15(10-12)23(21,22)20-9-8-13-5-3-6-14(11-13)16(17,18)19/h2-7,10-11,20H,8-9H2,1H3. The zero-order valence-electron chi connectivity index (χ0n) is 12.4. The average Bonchev–Trinajstić information content (AvgIpc) is 2.46. The van der Waals surface area contributed by atoms with E-state index in [1.165, 1.54) is 24.3 Å². The second kappa shape index (κ2) is 6.72. The molecule has 7 heteroatoms. The summed E-state index contributed by atoms with van der Waals surface area (Å²) in [6.07, 6.45) is -4.23. The molecule has 0 heterocycles. The van der Waals surface area contributed by atoms with E-state index in [4.69, 9.17) is 0 Å². The lowest BCUT2D eigenvalue weighted by molar-refractivity contribution is -0.137. The highest BCUT2D eigenvalue weighted by Gasteiger charge is 2.30. The molecule has 2 rings (SSSR count). The van der Waals surface area contributed by atoms with E-state index in [2.05, 4.69) is 4.72 Å². The summed E-state index contributed by atoms with van der Waals surface area (Å²) in [7, 11) is -3.66. The van der Waals surface area contributed by atoms with Gasteiger partial charge in [-0.25, -0.2) is 13.1 Å². The summed E-state index contributed by atoms with van der Waals surface area (Å²) in [4.78, 5) is 0.140. The lowest BCUT2D eigenvalue weighted by Gasteiger charge is -2.10. The molecule has 0 bridgehead atoms. The van der Waals surface area contributed by atoms with Crippen molar-refractivity contribution in [3.05, 3.63) is 65.2 Å². The summed E-state index contributed by atoms with van der Waals surface area (Å²) >= 11 is 0. The predicted octanol–water partition coefficient (Wildman–Crippen LogP) is 3.53. The van der Waals surface area contributed by atoms with Crippen molar-refractivity contribution in [3.63, 3.8) is 0 Å². The molecule has 0 atom stereocenters. The van der Waals surface area contributed by atoms with Crippen LogP contribution in [0.5, 0.6) is 0 Å². The Labute approximate surface area is 133 Å². The number of hydrogen-bond donors (Lipinski definition) is 1. The van der Waals surface area contributed by atoms with Crippen LogP contribution in [-0.2, 0) is 22.6 Å². The molecule has 23 heavy (non-hydrogen) atoms. The summed E-state index contributed by atoms with van der Waals surface area (Å²) in [6.45, 7) is 1.80. The van der Waals surface area contributed by atoms with Gasteiger partial charge >= 0.3 is 6.18 Å². The maximum atomic E-state index is 12.6. The van der Waals surface area contributed by atoms with E-state index in [1.807, 2.05) is 0 Å². The Bertz CT molecular complexity index is 786. The molecule has 0 aromatic heterocycles. The number of halogens is 3. The van der Waals surface area contributed by atoms with Gasteiger partial charge in [0, 0.05) is 6.54 Å². The fraction of sp³-hybridized carbons (Fsp3) is 0.250. The van der Waals surface area contributed by atoms with Crippen LogP contribution in [0.15, 0.2) is 53.4 Å². The minimum Gasteiger partial charge on any atom is -0.211 e. The number of alkyl halides is 3. The monoisotopic (exact) mass is 343 g/mol. The van der Waals surface area contributed by atoms with E-state index < -0.39 is 21.8 Å². The van der Waals surface area contributed by atoms with Crippen molar-refractivity contribution in [1.29, 1.82) is 0 Å². The van der Waals surface area contributed by atoms with Gasteiger partial charge in [-0.3, -0.25) is 0 Å². The first kappa shape index (κ1) is 17.5. The second-order valence-electron chi connectivity index (χ2n) is 5.16. The first-order valence-corrected chi connectivity index (χ1v) is 8.39. The molecule has 2 aromatic rings. The van der Waals surface area contributed by atoms with Crippen LogP contribution in [0.4, 0.5) is 13.2 Å². The third-order valence-electron chi connectivity index (χ3n) is 3.26. The highest BCUT2D eigenvalue weighted by atomic mass is 32.2. The predicted molar refractivity (Wildman–Crippen MR) is 81.5 cm³/mol. The van der Waals surface area contributed by atoms with Crippen molar-refractivity contribution < 1.29 is 21.6 Å². The number of sulfonamides is 1. The van der Waals surface area contributed by atoms with Crippen LogP contribution in [0.1, 0.15) is 16.7 Å². The zero-order chi connectivity index (χ0) is 17.1. The SMILES string of the molecule is Cc1cccc(S(=O)(=O)NCCc2cccc(C(F)(F)F)c2)c1. The van der Waals surface area contributed by atoms with Crippen LogP contribution in [0, 0.1) is 6.92 Å². The Kier molecular flexibility index (Phi) is 5.11. The molecule has 124 valence electrons. The Morgan fingerprint density at radius 2 is 1.74 bits per heavy atom. The highest BCUT2D eigenvalue weighted by molar-refractivity contribution is 7.89. The Hall–Kier alpha value is -1.86. The van der Waals surface area contributed by atoms with Crippen molar-refractivity contribution >= 4 is 10.0 Å². The van der Waals surface area contributed by atoms with Gasteiger partial charge in [0.2, 0.25) is 10.0 Å². The molecule has 0 aliphatic rings. The van der Waals surface area contributed by atoms with E-state index in [-0.39, 0.29) is 17.9 Å². The number of hydrogen-bond acceptors (Lipinski definition) is 2. The number of benzene rings is 2. The van der Waals surface area contributed by atoms with E-state index in [0.29, 0.717) is 5.56 Å². The highest BCUT2D eigenvalue weighted by Crippen LogP contribution is 2.29. The molecular formula is C16H16F3NO2S. The van der Waals surface area contributed by atoms with Crippen molar-refractivity contribution in [1.82, 2.24) is 4.72 Å². The normalized spacial score (nSPS) is 12.3. The zero-order valence-corrected chi connectivity index (χ0v) is 13.2. The third-order valence-corrected chi connectivity index (χ3v) is 4.72.